The number of anilines is 1. The van der Waals surface area contributed by atoms with Crippen LogP contribution in [0.2, 0.25) is 0 Å². The van der Waals surface area contributed by atoms with Gasteiger partial charge in [-0.15, -0.1) is 5.10 Å². The average Bonchev–Trinajstić information content (AvgIpc) is 3.25. The highest BCUT2D eigenvalue weighted by molar-refractivity contribution is 5.92. The SMILES string of the molecule is Cc1ccc(-c2nc(NC(=O)C(C)OCC3CCCO3)n[nH]2)cc1. The van der Waals surface area contributed by atoms with Crippen LogP contribution in [0.5, 0.6) is 0 Å². The molecule has 0 saturated carbocycles. The molecule has 1 fully saturated rings. The molecule has 2 heterocycles. The summed E-state index contributed by atoms with van der Waals surface area (Å²) in [6.07, 6.45) is 1.54. The Morgan fingerprint density at radius 3 is 2.96 bits per heavy atom. The molecular formula is C17H22N4O3. The molecule has 1 aromatic heterocycles. The van der Waals surface area contributed by atoms with Gasteiger partial charge >= 0.3 is 0 Å². The number of hydrogen-bond donors (Lipinski definition) is 2. The lowest BCUT2D eigenvalue weighted by Crippen LogP contribution is -2.30. The van der Waals surface area contributed by atoms with Crippen molar-refractivity contribution in [3.8, 4) is 11.4 Å². The van der Waals surface area contributed by atoms with Crippen molar-refractivity contribution in [1.82, 2.24) is 15.2 Å². The van der Waals surface area contributed by atoms with E-state index in [1.807, 2.05) is 31.2 Å². The second kappa shape index (κ2) is 7.55. The van der Waals surface area contributed by atoms with E-state index >= 15 is 0 Å². The van der Waals surface area contributed by atoms with E-state index in [0.29, 0.717) is 12.4 Å². The molecule has 0 aliphatic carbocycles. The number of H-pyrrole nitrogens is 1. The largest absolute Gasteiger partial charge is 0.376 e. The fraction of sp³-hybridized carbons (Fsp3) is 0.471. The Balaban J connectivity index is 1.53. The molecule has 7 nitrogen and oxygen atoms in total. The molecule has 2 unspecified atom stereocenters. The van der Waals surface area contributed by atoms with Crippen molar-refractivity contribution in [3.63, 3.8) is 0 Å². The zero-order valence-corrected chi connectivity index (χ0v) is 13.9. The molecule has 1 aliphatic heterocycles. The van der Waals surface area contributed by atoms with Crippen LogP contribution in [0.3, 0.4) is 0 Å². The molecule has 1 aliphatic rings. The van der Waals surface area contributed by atoms with Crippen molar-refractivity contribution in [2.75, 3.05) is 18.5 Å². The maximum atomic E-state index is 12.1. The first-order chi connectivity index (χ1) is 11.6. The summed E-state index contributed by atoms with van der Waals surface area (Å²) < 4.78 is 11.0. The van der Waals surface area contributed by atoms with Gasteiger partial charge in [-0.25, -0.2) is 0 Å². The highest BCUT2D eigenvalue weighted by Crippen LogP contribution is 2.17. The lowest BCUT2D eigenvalue weighted by Gasteiger charge is -2.15. The van der Waals surface area contributed by atoms with Crippen molar-refractivity contribution in [3.05, 3.63) is 29.8 Å². The molecule has 24 heavy (non-hydrogen) atoms. The van der Waals surface area contributed by atoms with Gasteiger partial charge in [-0.05, 0) is 26.7 Å². The minimum absolute atomic E-state index is 0.0944. The van der Waals surface area contributed by atoms with Crippen LogP contribution >= 0.6 is 0 Å². The maximum absolute atomic E-state index is 12.1. The van der Waals surface area contributed by atoms with Crippen LogP contribution < -0.4 is 5.32 Å². The molecule has 1 saturated heterocycles. The van der Waals surface area contributed by atoms with Gasteiger partial charge < -0.3 is 9.47 Å². The summed E-state index contributed by atoms with van der Waals surface area (Å²) in [6.45, 7) is 4.93. The second-order valence-corrected chi connectivity index (χ2v) is 5.97. The Morgan fingerprint density at radius 2 is 2.25 bits per heavy atom. The minimum Gasteiger partial charge on any atom is -0.376 e. The number of aromatic amines is 1. The van der Waals surface area contributed by atoms with E-state index in [0.717, 1.165) is 25.0 Å². The molecule has 3 rings (SSSR count). The molecule has 1 aromatic carbocycles. The molecule has 128 valence electrons. The number of aryl methyl sites for hydroxylation is 1. The van der Waals surface area contributed by atoms with Crippen LogP contribution in [0, 0.1) is 6.92 Å². The van der Waals surface area contributed by atoms with Crippen LogP contribution in [0.4, 0.5) is 5.95 Å². The highest BCUT2D eigenvalue weighted by Gasteiger charge is 2.20. The summed E-state index contributed by atoms with van der Waals surface area (Å²) in [5.74, 6) is 0.573. The third kappa shape index (κ3) is 4.18. The van der Waals surface area contributed by atoms with Crippen LogP contribution in [-0.2, 0) is 14.3 Å². The molecule has 2 N–H and O–H groups in total. The lowest BCUT2D eigenvalue weighted by molar-refractivity contribution is -0.128. The minimum atomic E-state index is -0.587. The van der Waals surface area contributed by atoms with E-state index in [1.54, 1.807) is 6.92 Å². The van der Waals surface area contributed by atoms with Gasteiger partial charge in [-0.3, -0.25) is 15.2 Å². The molecule has 2 aromatic rings. The number of rotatable bonds is 6. The third-order valence-corrected chi connectivity index (χ3v) is 3.97. The summed E-state index contributed by atoms with van der Waals surface area (Å²) in [7, 11) is 0. The molecule has 7 heteroatoms. The molecular weight excluding hydrogens is 308 g/mol. The summed E-state index contributed by atoms with van der Waals surface area (Å²) >= 11 is 0. The number of benzene rings is 1. The smallest absolute Gasteiger partial charge is 0.255 e. The van der Waals surface area contributed by atoms with Gasteiger partial charge in [-0.1, -0.05) is 29.8 Å². The van der Waals surface area contributed by atoms with Gasteiger partial charge in [0.05, 0.1) is 12.7 Å². The van der Waals surface area contributed by atoms with Crippen LogP contribution in [0.15, 0.2) is 24.3 Å². The average molecular weight is 330 g/mol. The Morgan fingerprint density at radius 1 is 1.46 bits per heavy atom. The Bertz CT molecular complexity index is 677. The fourth-order valence-corrected chi connectivity index (χ4v) is 2.47. The number of ether oxygens (including phenoxy) is 2. The van der Waals surface area contributed by atoms with Crippen molar-refractivity contribution in [2.45, 2.75) is 38.9 Å². The predicted octanol–water partition coefficient (Wildman–Crippen LogP) is 2.30. The van der Waals surface area contributed by atoms with Crippen molar-refractivity contribution in [2.24, 2.45) is 0 Å². The van der Waals surface area contributed by atoms with Gasteiger partial charge in [0.1, 0.15) is 6.10 Å². The van der Waals surface area contributed by atoms with Gasteiger partial charge in [0.2, 0.25) is 5.95 Å². The van der Waals surface area contributed by atoms with Gasteiger partial charge in [0.25, 0.3) is 5.91 Å². The molecule has 0 bridgehead atoms. The van der Waals surface area contributed by atoms with E-state index in [4.69, 9.17) is 9.47 Å². The first-order valence-corrected chi connectivity index (χ1v) is 8.15. The van der Waals surface area contributed by atoms with E-state index < -0.39 is 6.10 Å². The van der Waals surface area contributed by atoms with Crippen molar-refractivity contribution >= 4 is 11.9 Å². The first-order valence-electron chi connectivity index (χ1n) is 8.15. The summed E-state index contributed by atoms with van der Waals surface area (Å²) in [5, 5.41) is 9.51. The van der Waals surface area contributed by atoms with E-state index in [1.165, 1.54) is 5.56 Å². The van der Waals surface area contributed by atoms with Crippen LogP contribution in [0.25, 0.3) is 11.4 Å². The van der Waals surface area contributed by atoms with E-state index in [9.17, 15) is 4.79 Å². The number of hydrogen-bond acceptors (Lipinski definition) is 5. The van der Waals surface area contributed by atoms with Gasteiger partial charge in [-0.2, -0.15) is 4.98 Å². The number of aromatic nitrogens is 3. The first kappa shape index (κ1) is 16.6. The maximum Gasteiger partial charge on any atom is 0.255 e. The fourth-order valence-electron chi connectivity index (χ4n) is 2.47. The monoisotopic (exact) mass is 330 g/mol. The lowest BCUT2D eigenvalue weighted by atomic mass is 10.1. The Hall–Kier alpha value is -2.25. The zero-order valence-electron chi connectivity index (χ0n) is 13.9. The number of carbonyl (C=O) groups excluding carboxylic acids is 1. The van der Waals surface area contributed by atoms with Crippen LogP contribution in [0.1, 0.15) is 25.3 Å². The number of carbonyl (C=O) groups is 1. The highest BCUT2D eigenvalue weighted by atomic mass is 16.5. The zero-order chi connectivity index (χ0) is 16.9. The summed E-state index contributed by atoms with van der Waals surface area (Å²) in [5.41, 5.74) is 2.08. The Labute approximate surface area is 140 Å². The quantitative estimate of drug-likeness (QED) is 0.848. The number of nitrogens with one attached hydrogen (secondary N) is 2. The normalized spacial score (nSPS) is 18.5. The molecule has 0 radical (unpaired) electrons. The standard InChI is InChI=1S/C17H22N4O3/c1-11-5-7-13(8-6-11)15-18-17(21-20-15)19-16(22)12(2)24-10-14-4-3-9-23-14/h5-8,12,14H,3-4,9-10H2,1-2H3,(H2,18,19,20,21,22). The predicted molar refractivity (Wildman–Crippen MR) is 89.6 cm³/mol. The van der Waals surface area contributed by atoms with Crippen molar-refractivity contribution in [1.29, 1.82) is 0 Å². The van der Waals surface area contributed by atoms with Gasteiger partial charge in [0.15, 0.2) is 5.82 Å². The van der Waals surface area contributed by atoms with Gasteiger partial charge in [0, 0.05) is 12.2 Å². The molecule has 1 amide bonds. The van der Waals surface area contributed by atoms with Crippen molar-refractivity contribution < 1.29 is 14.3 Å². The summed E-state index contributed by atoms with van der Waals surface area (Å²) in [6, 6.07) is 7.90. The third-order valence-electron chi connectivity index (χ3n) is 3.97. The van der Waals surface area contributed by atoms with E-state index in [-0.39, 0.29) is 18.0 Å². The second-order valence-electron chi connectivity index (χ2n) is 5.97. The summed E-state index contributed by atoms with van der Waals surface area (Å²) in [4.78, 5) is 16.4. The molecule has 0 spiro atoms. The van der Waals surface area contributed by atoms with E-state index in [2.05, 4.69) is 20.5 Å². The molecule has 2 atom stereocenters. The number of nitrogens with zero attached hydrogens (tertiary/aromatic N) is 2. The topological polar surface area (TPSA) is 89.1 Å². The Kier molecular flexibility index (Phi) is 5.22. The number of amides is 1. The van der Waals surface area contributed by atoms with Crippen LogP contribution in [-0.4, -0.2) is 46.5 Å².